The van der Waals surface area contributed by atoms with E-state index in [-0.39, 0.29) is 29.5 Å². The third-order valence-corrected chi connectivity index (χ3v) is 5.99. The zero-order valence-electron chi connectivity index (χ0n) is 16.7. The first-order chi connectivity index (χ1) is 13.8. The van der Waals surface area contributed by atoms with Crippen LogP contribution >= 0.6 is 11.6 Å². The van der Waals surface area contributed by atoms with E-state index in [4.69, 9.17) is 11.6 Å². The maximum absolute atomic E-state index is 13.2. The van der Waals surface area contributed by atoms with Gasteiger partial charge in [0.2, 0.25) is 5.91 Å². The van der Waals surface area contributed by atoms with Crippen LogP contribution in [0, 0.1) is 0 Å². The fourth-order valence-corrected chi connectivity index (χ4v) is 3.96. The molecule has 0 saturated carbocycles. The number of likely N-dealkylation sites (N-methyl/N-ethyl adjacent to an activating group) is 1. The van der Waals surface area contributed by atoms with Gasteiger partial charge in [0.1, 0.15) is 5.82 Å². The highest BCUT2D eigenvalue weighted by Crippen LogP contribution is 2.37. The van der Waals surface area contributed by atoms with Gasteiger partial charge in [-0.25, -0.2) is 9.97 Å². The van der Waals surface area contributed by atoms with Crippen LogP contribution in [-0.4, -0.2) is 68.8 Å². The van der Waals surface area contributed by atoms with Crippen molar-refractivity contribution in [1.29, 1.82) is 0 Å². The number of nitrogens with zero attached hydrogens (tertiary/aromatic N) is 6. The van der Waals surface area contributed by atoms with Gasteiger partial charge >= 0.3 is 0 Å². The molecule has 29 heavy (non-hydrogen) atoms. The first-order valence-electron chi connectivity index (χ1n) is 9.53. The molecule has 2 aromatic heterocycles. The third-order valence-electron chi connectivity index (χ3n) is 5.77. The molecule has 4 heterocycles. The van der Waals surface area contributed by atoms with Crippen LogP contribution < -0.4 is 4.90 Å². The van der Waals surface area contributed by atoms with Crippen molar-refractivity contribution in [2.45, 2.75) is 31.8 Å². The number of fused-ring (bicyclic) bond motifs is 1. The maximum Gasteiger partial charge on any atom is 0.280 e. The van der Waals surface area contributed by atoms with Gasteiger partial charge in [0.15, 0.2) is 5.69 Å². The van der Waals surface area contributed by atoms with Crippen molar-refractivity contribution in [2.24, 2.45) is 0 Å². The first kappa shape index (κ1) is 19.7. The van der Waals surface area contributed by atoms with Crippen LogP contribution in [0.25, 0.3) is 0 Å². The number of hydrogen-bond donors (Lipinski definition) is 0. The quantitative estimate of drug-likeness (QED) is 0.765. The second-order valence-electron chi connectivity index (χ2n) is 8.07. The lowest BCUT2D eigenvalue weighted by molar-refractivity contribution is -0.136. The Morgan fingerprint density at radius 1 is 1.21 bits per heavy atom. The first-order valence-corrected chi connectivity index (χ1v) is 9.91. The van der Waals surface area contributed by atoms with Crippen LogP contribution in [0.4, 0.5) is 5.82 Å². The second-order valence-corrected chi connectivity index (χ2v) is 8.51. The highest BCUT2D eigenvalue weighted by molar-refractivity contribution is 6.30. The minimum atomic E-state index is -0.546. The minimum Gasteiger partial charge on any atom is -0.340 e. The van der Waals surface area contributed by atoms with E-state index >= 15 is 0 Å². The Bertz CT molecular complexity index is 948. The van der Waals surface area contributed by atoms with E-state index in [9.17, 15) is 9.59 Å². The lowest BCUT2D eigenvalue weighted by Gasteiger charge is -2.45. The number of carbonyl (C=O) groups excluding carboxylic acids is 2. The van der Waals surface area contributed by atoms with Gasteiger partial charge in [0.05, 0.1) is 23.2 Å². The number of aromatic nitrogens is 3. The lowest BCUT2D eigenvalue weighted by atomic mass is 9.99. The summed E-state index contributed by atoms with van der Waals surface area (Å²) in [6.45, 7) is 6.34. The topological polar surface area (TPSA) is 82.5 Å². The molecule has 152 valence electrons. The van der Waals surface area contributed by atoms with Gasteiger partial charge in [-0.15, -0.1) is 0 Å². The molecule has 0 N–H and O–H groups in total. The van der Waals surface area contributed by atoms with Gasteiger partial charge < -0.3 is 4.90 Å². The molecule has 8 nitrogen and oxygen atoms in total. The summed E-state index contributed by atoms with van der Waals surface area (Å²) < 4.78 is 0. The molecule has 0 bridgehead atoms. The van der Waals surface area contributed by atoms with Crippen molar-refractivity contribution >= 4 is 29.2 Å². The minimum absolute atomic E-state index is 0.0126. The van der Waals surface area contributed by atoms with Crippen LogP contribution in [0.15, 0.2) is 30.7 Å². The fourth-order valence-electron chi connectivity index (χ4n) is 3.85. The third kappa shape index (κ3) is 3.58. The summed E-state index contributed by atoms with van der Waals surface area (Å²) >= 11 is 5.95. The van der Waals surface area contributed by atoms with E-state index in [2.05, 4.69) is 40.7 Å². The van der Waals surface area contributed by atoms with E-state index in [1.54, 1.807) is 18.3 Å². The summed E-state index contributed by atoms with van der Waals surface area (Å²) in [6, 6.07) is 2.79. The Labute approximate surface area is 174 Å². The molecular formula is C20H23ClN6O2. The van der Waals surface area contributed by atoms with E-state index in [0.29, 0.717) is 29.6 Å². The van der Waals surface area contributed by atoms with Crippen molar-refractivity contribution in [3.05, 3.63) is 47.1 Å². The predicted octanol–water partition coefficient (Wildman–Crippen LogP) is 2.17. The molecule has 2 aromatic rings. The monoisotopic (exact) mass is 414 g/mol. The number of piperazine rings is 1. The smallest absolute Gasteiger partial charge is 0.280 e. The number of halogens is 1. The van der Waals surface area contributed by atoms with E-state index < -0.39 is 6.04 Å². The summed E-state index contributed by atoms with van der Waals surface area (Å²) in [7, 11) is 2.07. The summed E-state index contributed by atoms with van der Waals surface area (Å²) in [4.78, 5) is 44.7. The molecule has 1 atom stereocenters. The van der Waals surface area contributed by atoms with Crippen molar-refractivity contribution in [2.75, 3.05) is 31.6 Å². The Kier molecular flexibility index (Phi) is 5.00. The number of anilines is 1. The van der Waals surface area contributed by atoms with Crippen LogP contribution in [0.2, 0.25) is 5.02 Å². The van der Waals surface area contributed by atoms with Crippen molar-refractivity contribution in [1.82, 2.24) is 24.8 Å². The summed E-state index contributed by atoms with van der Waals surface area (Å²) in [5.41, 5.74) is 0.672. The van der Waals surface area contributed by atoms with Gasteiger partial charge in [-0.2, -0.15) is 0 Å². The molecule has 2 aliphatic rings. The zero-order valence-corrected chi connectivity index (χ0v) is 17.4. The molecule has 0 aliphatic carbocycles. The predicted molar refractivity (Wildman–Crippen MR) is 109 cm³/mol. The molecule has 0 spiro atoms. The maximum atomic E-state index is 13.2. The van der Waals surface area contributed by atoms with Crippen LogP contribution in [0.1, 0.15) is 42.5 Å². The summed E-state index contributed by atoms with van der Waals surface area (Å²) in [5.74, 6) is 0.108. The molecule has 1 saturated heterocycles. The van der Waals surface area contributed by atoms with E-state index in [0.717, 1.165) is 6.54 Å². The van der Waals surface area contributed by atoms with Gasteiger partial charge in [-0.1, -0.05) is 11.6 Å². The highest BCUT2D eigenvalue weighted by Gasteiger charge is 2.43. The van der Waals surface area contributed by atoms with E-state index in [1.165, 1.54) is 17.3 Å². The van der Waals surface area contributed by atoms with Crippen LogP contribution in [-0.2, 0) is 4.79 Å². The average molecular weight is 415 g/mol. The summed E-state index contributed by atoms with van der Waals surface area (Å²) in [6.07, 6.45) is 4.64. The summed E-state index contributed by atoms with van der Waals surface area (Å²) in [5, 5.41) is 0.474. The molecular weight excluding hydrogens is 392 g/mol. The SMILES string of the molecule is CN1CCN(C(=O)C[C@@H]2c3nccnc3C(=O)N2c2ccc(Cl)cn2)CC1(C)C. The average Bonchev–Trinajstić information content (AvgIpc) is 2.97. The molecule has 1 fully saturated rings. The number of carbonyl (C=O) groups is 2. The van der Waals surface area contributed by atoms with Gasteiger partial charge in [-0.05, 0) is 33.0 Å². The lowest BCUT2D eigenvalue weighted by Crippen LogP contribution is -2.59. The zero-order chi connectivity index (χ0) is 20.8. The normalized spacial score (nSPS) is 21.4. The largest absolute Gasteiger partial charge is 0.340 e. The van der Waals surface area contributed by atoms with Crippen molar-refractivity contribution < 1.29 is 9.59 Å². The Morgan fingerprint density at radius 2 is 1.97 bits per heavy atom. The van der Waals surface area contributed by atoms with Crippen LogP contribution in [0.5, 0.6) is 0 Å². The molecule has 0 unspecified atom stereocenters. The number of hydrogen-bond acceptors (Lipinski definition) is 6. The van der Waals surface area contributed by atoms with Crippen molar-refractivity contribution in [3.63, 3.8) is 0 Å². The van der Waals surface area contributed by atoms with Gasteiger partial charge in [0.25, 0.3) is 5.91 Å². The Morgan fingerprint density at radius 3 is 2.66 bits per heavy atom. The van der Waals surface area contributed by atoms with E-state index in [1.807, 2.05) is 4.90 Å². The molecule has 9 heteroatoms. The van der Waals surface area contributed by atoms with Crippen LogP contribution in [0.3, 0.4) is 0 Å². The number of rotatable bonds is 3. The molecule has 2 aliphatic heterocycles. The number of pyridine rings is 1. The van der Waals surface area contributed by atoms with Gasteiger partial charge in [-0.3, -0.25) is 24.4 Å². The second kappa shape index (κ2) is 7.35. The highest BCUT2D eigenvalue weighted by atomic mass is 35.5. The molecule has 2 amide bonds. The number of amides is 2. The fraction of sp³-hybridized carbons (Fsp3) is 0.450. The van der Waals surface area contributed by atoms with Gasteiger partial charge in [0, 0.05) is 43.8 Å². The molecule has 0 aromatic carbocycles. The standard InChI is InChI=1S/C20H23ClN6O2/c1-20(2)12-26(9-8-25(20)3)16(28)10-14-17-18(23-7-6-22-17)19(29)27(14)15-5-4-13(21)11-24-15/h4-7,11,14H,8-10,12H2,1-3H3/t14-/m1/s1. The van der Waals surface area contributed by atoms with Crippen molar-refractivity contribution in [3.8, 4) is 0 Å². The molecule has 0 radical (unpaired) electrons. The molecule has 4 rings (SSSR count). The Hall–Kier alpha value is -2.58. The Balaban J connectivity index is 1.63.